The first-order chi connectivity index (χ1) is 7.15. The van der Waals surface area contributed by atoms with Crippen molar-refractivity contribution in [3.05, 3.63) is 0 Å². The maximum atomic E-state index is 11.6. The van der Waals surface area contributed by atoms with E-state index in [2.05, 4.69) is 6.92 Å². The highest BCUT2D eigenvalue weighted by molar-refractivity contribution is 5.84. The van der Waals surface area contributed by atoms with Gasteiger partial charge in [-0.05, 0) is 18.8 Å². The molecule has 1 saturated carbocycles. The zero-order chi connectivity index (χ0) is 11.3. The van der Waals surface area contributed by atoms with E-state index in [0.717, 1.165) is 32.1 Å². The average Bonchev–Trinajstić information content (AvgIpc) is 2.49. The molecule has 0 bridgehead atoms. The molecule has 1 aliphatic rings. The van der Waals surface area contributed by atoms with Crippen LogP contribution < -0.4 is 0 Å². The average molecular weight is 212 g/mol. The molecule has 0 spiro atoms. The summed E-state index contributed by atoms with van der Waals surface area (Å²) in [5.41, 5.74) is 0. The van der Waals surface area contributed by atoms with Gasteiger partial charge >= 0.3 is 5.97 Å². The number of rotatable bonds is 6. The Morgan fingerprint density at radius 3 is 2.80 bits per heavy atom. The number of carbonyl (C=O) groups excluding carboxylic acids is 1. The first kappa shape index (κ1) is 12.2. The first-order valence-corrected chi connectivity index (χ1v) is 5.89. The van der Waals surface area contributed by atoms with Crippen LogP contribution in [0.2, 0.25) is 0 Å². The minimum absolute atomic E-state index is 0.0349. The minimum Gasteiger partial charge on any atom is -0.481 e. The molecule has 0 heterocycles. The fraction of sp³-hybridized carbons (Fsp3) is 0.833. The van der Waals surface area contributed by atoms with Crippen molar-refractivity contribution < 1.29 is 14.7 Å². The zero-order valence-corrected chi connectivity index (χ0v) is 9.37. The lowest BCUT2D eigenvalue weighted by molar-refractivity contribution is -0.138. The molecule has 2 atom stereocenters. The van der Waals surface area contributed by atoms with Crippen LogP contribution in [0, 0.1) is 11.8 Å². The second-order valence-electron chi connectivity index (χ2n) is 4.47. The Morgan fingerprint density at radius 1 is 1.47 bits per heavy atom. The van der Waals surface area contributed by atoms with Crippen LogP contribution in [-0.4, -0.2) is 16.9 Å². The summed E-state index contributed by atoms with van der Waals surface area (Å²) in [6.45, 7) is 2.13. The van der Waals surface area contributed by atoms with Crippen molar-refractivity contribution >= 4 is 11.8 Å². The van der Waals surface area contributed by atoms with Gasteiger partial charge in [-0.1, -0.05) is 26.2 Å². The van der Waals surface area contributed by atoms with Crippen molar-refractivity contribution in [1.29, 1.82) is 0 Å². The van der Waals surface area contributed by atoms with Gasteiger partial charge in [-0.3, -0.25) is 9.59 Å². The van der Waals surface area contributed by atoms with E-state index >= 15 is 0 Å². The van der Waals surface area contributed by atoms with Crippen LogP contribution in [0.5, 0.6) is 0 Å². The summed E-state index contributed by atoms with van der Waals surface area (Å²) in [5, 5.41) is 8.74. The molecular weight excluding hydrogens is 192 g/mol. The summed E-state index contributed by atoms with van der Waals surface area (Å²) in [4.78, 5) is 22.2. The number of hydrogen-bond donors (Lipinski definition) is 1. The second kappa shape index (κ2) is 5.89. The van der Waals surface area contributed by atoms with Gasteiger partial charge < -0.3 is 5.11 Å². The minimum atomic E-state index is -0.768. The lowest BCUT2D eigenvalue weighted by Gasteiger charge is -2.15. The molecule has 1 N–H and O–H groups in total. The predicted octanol–water partition coefficient (Wildman–Crippen LogP) is 2.64. The van der Waals surface area contributed by atoms with Crippen molar-refractivity contribution in [3.63, 3.8) is 0 Å². The van der Waals surface area contributed by atoms with Crippen LogP contribution in [0.3, 0.4) is 0 Å². The van der Waals surface area contributed by atoms with E-state index in [1.54, 1.807) is 0 Å². The summed E-state index contributed by atoms with van der Waals surface area (Å²) in [6.07, 6.45) is 5.78. The summed E-state index contributed by atoms with van der Waals surface area (Å²) >= 11 is 0. The molecule has 0 unspecified atom stereocenters. The number of Topliss-reactive ketones (excluding diaryl/α,β-unsaturated/α-hetero) is 1. The molecule has 0 aliphatic heterocycles. The van der Waals surface area contributed by atoms with Crippen LogP contribution in [-0.2, 0) is 9.59 Å². The Kier molecular flexibility index (Phi) is 4.79. The quantitative estimate of drug-likeness (QED) is 0.688. The molecule has 0 aromatic heterocycles. The predicted molar refractivity (Wildman–Crippen MR) is 57.6 cm³/mol. The zero-order valence-electron chi connectivity index (χ0n) is 9.37. The second-order valence-corrected chi connectivity index (χ2v) is 4.47. The smallest absolute Gasteiger partial charge is 0.303 e. The number of ketones is 1. The van der Waals surface area contributed by atoms with E-state index in [1.807, 2.05) is 0 Å². The lowest BCUT2D eigenvalue weighted by atomic mass is 9.88. The third kappa shape index (κ3) is 3.65. The van der Waals surface area contributed by atoms with Crippen LogP contribution in [0.25, 0.3) is 0 Å². The van der Waals surface area contributed by atoms with E-state index in [-0.39, 0.29) is 24.0 Å². The molecule has 86 valence electrons. The van der Waals surface area contributed by atoms with Gasteiger partial charge in [0.1, 0.15) is 5.78 Å². The van der Waals surface area contributed by atoms with Crippen LogP contribution in [0.1, 0.15) is 51.9 Å². The van der Waals surface area contributed by atoms with Gasteiger partial charge in [0.2, 0.25) is 0 Å². The highest BCUT2D eigenvalue weighted by atomic mass is 16.4. The molecule has 0 aromatic carbocycles. The highest BCUT2D eigenvalue weighted by Gasteiger charge is 2.34. The van der Waals surface area contributed by atoms with E-state index in [1.165, 1.54) is 0 Å². The number of hydrogen-bond acceptors (Lipinski definition) is 2. The number of aliphatic carboxylic acids is 1. The topological polar surface area (TPSA) is 54.4 Å². The summed E-state index contributed by atoms with van der Waals surface area (Å²) in [7, 11) is 0. The van der Waals surface area contributed by atoms with Gasteiger partial charge in [-0.15, -0.1) is 0 Å². The molecule has 15 heavy (non-hydrogen) atoms. The highest BCUT2D eigenvalue weighted by Crippen LogP contribution is 2.34. The Morgan fingerprint density at radius 2 is 2.20 bits per heavy atom. The van der Waals surface area contributed by atoms with Gasteiger partial charge in [0.15, 0.2) is 0 Å². The van der Waals surface area contributed by atoms with Gasteiger partial charge in [-0.2, -0.15) is 0 Å². The van der Waals surface area contributed by atoms with E-state index in [9.17, 15) is 9.59 Å². The van der Waals surface area contributed by atoms with E-state index in [0.29, 0.717) is 6.42 Å². The number of unbranched alkanes of at least 4 members (excludes halogenated alkanes) is 2. The molecule has 3 heteroatoms. The molecule has 3 nitrogen and oxygen atoms in total. The first-order valence-electron chi connectivity index (χ1n) is 5.89. The monoisotopic (exact) mass is 212 g/mol. The van der Waals surface area contributed by atoms with Crippen molar-refractivity contribution in [1.82, 2.24) is 0 Å². The fourth-order valence-electron chi connectivity index (χ4n) is 2.46. The van der Waals surface area contributed by atoms with Crippen molar-refractivity contribution in [2.24, 2.45) is 11.8 Å². The third-order valence-electron chi connectivity index (χ3n) is 3.30. The number of carboxylic acid groups (broad SMARTS) is 1. The molecule has 0 aromatic rings. The molecule has 1 rings (SSSR count). The SMILES string of the molecule is CCCCC[C@@H]1C(=O)CC[C@H]1CC(=O)O. The Bertz CT molecular complexity index is 235. The van der Waals surface area contributed by atoms with Crippen molar-refractivity contribution in [2.45, 2.75) is 51.9 Å². The standard InChI is InChI=1S/C12H20O3/c1-2-3-4-5-10-9(8-12(14)15)6-7-11(10)13/h9-10H,2-8H2,1H3,(H,14,15)/t9-,10-/m0/s1. The summed E-state index contributed by atoms with van der Waals surface area (Å²) < 4.78 is 0. The Hall–Kier alpha value is -0.860. The third-order valence-corrected chi connectivity index (χ3v) is 3.30. The van der Waals surface area contributed by atoms with Gasteiger partial charge in [0.05, 0.1) is 0 Å². The molecule has 0 radical (unpaired) electrons. The number of carbonyl (C=O) groups is 2. The molecule has 0 amide bonds. The lowest BCUT2D eigenvalue weighted by Crippen LogP contribution is -2.17. The van der Waals surface area contributed by atoms with Crippen molar-refractivity contribution in [3.8, 4) is 0 Å². The molecule has 0 saturated heterocycles. The summed E-state index contributed by atoms with van der Waals surface area (Å²) in [5.74, 6) is -0.341. The van der Waals surface area contributed by atoms with Crippen molar-refractivity contribution in [2.75, 3.05) is 0 Å². The molecule has 1 aliphatic carbocycles. The van der Waals surface area contributed by atoms with Crippen LogP contribution >= 0.6 is 0 Å². The maximum absolute atomic E-state index is 11.6. The van der Waals surface area contributed by atoms with E-state index in [4.69, 9.17) is 5.11 Å². The fourth-order valence-corrected chi connectivity index (χ4v) is 2.46. The van der Waals surface area contributed by atoms with Crippen LogP contribution in [0.4, 0.5) is 0 Å². The van der Waals surface area contributed by atoms with Crippen LogP contribution in [0.15, 0.2) is 0 Å². The Balaban J connectivity index is 2.41. The van der Waals surface area contributed by atoms with Gasteiger partial charge in [0.25, 0.3) is 0 Å². The Labute approximate surface area is 90.9 Å². The maximum Gasteiger partial charge on any atom is 0.303 e. The largest absolute Gasteiger partial charge is 0.481 e. The number of carboxylic acids is 1. The summed E-state index contributed by atoms with van der Waals surface area (Å²) in [6, 6.07) is 0. The molecule has 1 fully saturated rings. The molecular formula is C12H20O3. The van der Waals surface area contributed by atoms with E-state index < -0.39 is 5.97 Å². The van der Waals surface area contributed by atoms with Gasteiger partial charge in [-0.25, -0.2) is 0 Å². The normalized spacial score (nSPS) is 25.8. The van der Waals surface area contributed by atoms with Gasteiger partial charge in [0, 0.05) is 18.8 Å².